The summed E-state index contributed by atoms with van der Waals surface area (Å²) in [6, 6.07) is 0. The fourth-order valence-corrected chi connectivity index (χ4v) is 8.78. The maximum absolute atomic E-state index is 12.3. The van der Waals surface area contributed by atoms with E-state index in [-0.39, 0.29) is 41.2 Å². The zero-order chi connectivity index (χ0) is 23.6. The van der Waals surface area contributed by atoms with Crippen LogP contribution in [0, 0.1) is 28.6 Å². The van der Waals surface area contributed by atoms with Crippen molar-refractivity contribution in [2.75, 3.05) is 6.61 Å². The zero-order valence-electron chi connectivity index (χ0n) is 19.5. The van der Waals surface area contributed by atoms with Gasteiger partial charge in [0.15, 0.2) is 0 Å². The van der Waals surface area contributed by atoms with Gasteiger partial charge in [0.2, 0.25) is 0 Å². The first-order valence-corrected chi connectivity index (χ1v) is 12.3. The summed E-state index contributed by atoms with van der Waals surface area (Å²) < 4.78 is 10.6. The number of nitrogens with zero attached hydrogens (tertiary/aromatic N) is 1. The lowest BCUT2D eigenvalue weighted by molar-refractivity contribution is -0.239. The van der Waals surface area contributed by atoms with Gasteiger partial charge in [-0.3, -0.25) is 4.79 Å². The van der Waals surface area contributed by atoms with Crippen molar-refractivity contribution in [2.45, 2.75) is 88.9 Å². The van der Waals surface area contributed by atoms with Crippen molar-refractivity contribution >= 4 is 18.2 Å². The van der Waals surface area contributed by atoms with Crippen LogP contribution in [0.4, 0.5) is 0 Å². The molecule has 0 amide bonds. The number of hydrogen-bond donors (Lipinski definition) is 3. The van der Waals surface area contributed by atoms with Crippen LogP contribution in [0.25, 0.3) is 0 Å². The van der Waals surface area contributed by atoms with E-state index in [2.05, 4.69) is 12.1 Å². The Hall–Kier alpha value is -1.93. The highest BCUT2D eigenvalue weighted by Crippen LogP contribution is 2.70. The third-order valence-electron chi connectivity index (χ3n) is 10.2. The molecule has 8 atom stereocenters. The van der Waals surface area contributed by atoms with Crippen LogP contribution in [0.3, 0.4) is 0 Å². The van der Waals surface area contributed by atoms with E-state index in [1.807, 2.05) is 0 Å². The van der Waals surface area contributed by atoms with E-state index < -0.39 is 16.6 Å². The Morgan fingerprint density at radius 1 is 1.15 bits per heavy atom. The summed E-state index contributed by atoms with van der Waals surface area (Å²) in [5.74, 6) is -0.661. The summed E-state index contributed by atoms with van der Waals surface area (Å²) >= 11 is 0. The summed E-state index contributed by atoms with van der Waals surface area (Å²) in [5.41, 5.74) is -2.26. The molecular weight excluding hydrogens is 426 g/mol. The van der Waals surface area contributed by atoms with Crippen molar-refractivity contribution in [3.63, 3.8) is 0 Å². The molecule has 33 heavy (non-hydrogen) atoms. The van der Waals surface area contributed by atoms with Crippen molar-refractivity contribution in [1.29, 1.82) is 0 Å². The van der Waals surface area contributed by atoms with Crippen molar-refractivity contribution < 1.29 is 34.5 Å². The lowest BCUT2D eigenvalue weighted by Gasteiger charge is -2.65. The van der Waals surface area contributed by atoms with Gasteiger partial charge in [-0.05, 0) is 74.7 Å². The van der Waals surface area contributed by atoms with E-state index in [1.165, 1.54) is 13.1 Å². The van der Waals surface area contributed by atoms with Gasteiger partial charge >= 0.3 is 11.9 Å². The second-order valence-electron chi connectivity index (χ2n) is 11.3. The molecule has 1 aliphatic heterocycles. The number of carbonyl (C=O) groups is 2. The number of oxime groups is 1. The van der Waals surface area contributed by atoms with E-state index in [0.29, 0.717) is 45.1 Å². The quantitative estimate of drug-likeness (QED) is 0.255. The minimum absolute atomic E-state index is 0.0438. The first-order chi connectivity index (χ1) is 15.6. The van der Waals surface area contributed by atoms with Gasteiger partial charge in [-0.15, -0.1) is 5.16 Å². The first-order valence-electron chi connectivity index (χ1n) is 12.3. The third kappa shape index (κ3) is 3.05. The monoisotopic (exact) mass is 461 g/mol. The number of cyclic esters (lactones) is 1. The average Bonchev–Trinajstić information content (AvgIpc) is 3.28. The molecule has 3 N–H and O–H groups in total. The van der Waals surface area contributed by atoms with Gasteiger partial charge < -0.3 is 24.9 Å². The Kier molecular flexibility index (Phi) is 5.22. The maximum Gasteiger partial charge on any atom is 0.331 e. The van der Waals surface area contributed by atoms with Gasteiger partial charge in [-0.1, -0.05) is 6.92 Å². The second-order valence-corrected chi connectivity index (χ2v) is 11.3. The van der Waals surface area contributed by atoms with Crippen molar-refractivity contribution in [3.05, 3.63) is 11.6 Å². The number of ether oxygens (including phenoxy) is 2. The molecule has 182 valence electrons. The molecule has 8 nitrogen and oxygen atoms in total. The molecule has 4 aliphatic carbocycles. The lowest BCUT2D eigenvalue weighted by Crippen LogP contribution is -2.69. The summed E-state index contributed by atoms with van der Waals surface area (Å²) in [4.78, 5) is 23.3. The van der Waals surface area contributed by atoms with E-state index in [1.54, 1.807) is 6.08 Å². The highest BCUT2D eigenvalue weighted by atomic mass is 16.5. The molecular formula is C25H35NO7. The molecule has 0 bridgehead atoms. The Balaban J connectivity index is 1.48. The molecule has 1 heterocycles. The van der Waals surface area contributed by atoms with Crippen molar-refractivity contribution in [1.82, 2.24) is 0 Å². The standard InChI is InChI=1S/C25H35NO7/c1-15(27)33-17-3-8-23(14-26-31)19-4-7-22(2)18(16-11-21(28)32-13-16)6-10-25(22,30)20(19)5-9-24(23,29)12-17/h11,14,17-20,29-31H,3-10,12-13H2,1-2H3/b26-14+/t17?,18?,19-,20+,22?,23?,24?,25?/m0/s1. The van der Waals surface area contributed by atoms with Crippen LogP contribution in [-0.2, 0) is 19.1 Å². The average molecular weight is 462 g/mol. The molecule has 5 rings (SSSR count). The Labute approximate surface area is 194 Å². The molecule has 0 aromatic carbocycles. The van der Waals surface area contributed by atoms with Gasteiger partial charge in [0.1, 0.15) is 12.7 Å². The van der Waals surface area contributed by atoms with Crippen LogP contribution >= 0.6 is 0 Å². The molecule has 0 aromatic heterocycles. The van der Waals surface area contributed by atoms with Crippen molar-refractivity contribution in [3.8, 4) is 0 Å². The maximum atomic E-state index is 12.3. The van der Waals surface area contributed by atoms with E-state index in [4.69, 9.17) is 9.47 Å². The Morgan fingerprint density at radius 2 is 1.91 bits per heavy atom. The summed E-state index contributed by atoms with van der Waals surface area (Å²) in [5, 5.41) is 37.2. The summed E-state index contributed by atoms with van der Waals surface area (Å²) in [7, 11) is 0. The molecule has 4 saturated carbocycles. The van der Waals surface area contributed by atoms with E-state index in [9.17, 15) is 25.0 Å². The summed E-state index contributed by atoms with van der Waals surface area (Å²) in [6.45, 7) is 3.84. The summed E-state index contributed by atoms with van der Waals surface area (Å²) in [6.07, 6.45) is 8.28. The number of fused-ring (bicyclic) bond motifs is 5. The molecule has 0 spiro atoms. The van der Waals surface area contributed by atoms with E-state index in [0.717, 1.165) is 24.8 Å². The van der Waals surface area contributed by atoms with Gasteiger partial charge in [0, 0.05) is 30.3 Å². The van der Waals surface area contributed by atoms with Crippen molar-refractivity contribution in [2.24, 2.45) is 33.7 Å². The van der Waals surface area contributed by atoms with Gasteiger partial charge in [-0.2, -0.15) is 0 Å². The predicted octanol–water partition coefficient (Wildman–Crippen LogP) is 2.73. The fourth-order valence-electron chi connectivity index (χ4n) is 8.78. The number of esters is 2. The molecule has 0 radical (unpaired) electrons. The smallest absolute Gasteiger partial charge is 0.331 e. The third-order valence-corrected chi connectivity index (χ3v) is 10.2. The minimum Gasteiger partial charge on any atom is -0.462 e. The second kappa shape index (κ2) is 7.54. The molecule has 5 aliphatic rings. The predicted molar refractivity (Wildman–Crippen MR) is 117 cm³/mol. The first kappa shape index (κ1) is 22.8. The van der Waals surface area contributed by atoms with Crippen LogP contribution < -0.4 is 0 Å². The highest BCUT2D eigenvalue weighted by molar-refractivity contribution is 5.85. The number of hydrogen-bond acceptors (Lipinski definition) is 8. The van der Waals surface area contributed by atoms with Gasteiger partial charge in [-0.25, -0.2) is 4.79 Å². The molecule has 0 aromatic rings. The molecule has 0 saturated heterocycles. The Bertz CT molecular complexity index is 916. The molecule has 8 heteroatoms. The Morgan fingerprint density at radius 3 is 2.58 bits per heavy atom. The number of aliphatic hydroxyl groups is 2. The van der Waals surface area contributed by atoms with Gasteiger partial charge in [0.25, 0.3) is 0 Å². The van der Waals surface area contributed by atoms with Crippen LogP contribution in [0.2, 0.25) is 0 Å². The van der Waals surface area contributed by atoms with Crippen LogP contribution in [0.1, 0.15) is 71.6 Å². The SMILES string of the molecule is CC(=O)OC1CCC2(/C=N/O)[C@H]3CCC4(C)C(C5=CC(=O)OC5)CCC4(O)[C@@H]3CCC2(O)C1. The fraction of sp³-hybridized carbons (Fsp3) is 0.800. The molecule has 6 unspecified atom stereocenters. The highest BCUT2D eigenvalue weighted by Gasteiger charge is 2.71. The van der Waals surface area contributed by atoms with Gasteiger partial charge in [0.05, 0.1) is 17.4 Å². The molecule has 4 fully saturated rings. The topological polar surface area (TPSA) is 126 Å². The van der Waals surface area contributed by atoms with Crippen LogP contribution in [0.5, 0.6) is 0 Å². The minimum atomic E-state index is -1.16. The van der Waals surface area contributed by atoms with E-state index >= 15 is 0 Å². The van der Waals surface area contributed by atoms with Crippen LogP contribution in [-0.4, -0.2) is 57.5 Å². The normalized spacial score (nSPS) is 49.1. The number of carbonyl (C=O) groups excluding carboxylic acids is 2. The van der Waals surface area contributed by atoms with Crippen LogP contribution in [0.15, 0.2) is 16.8 Å². The number of rotatable bonds is 3. The largest absolute Gasteiger partial charge is 0.462 e. The lowest BCUT2D eigenvalue weighted by atomic mass is 9.41. The zero-order valence-corrected chi connectivity index (χ0v) is 19.5.